The van der Waals surface area contributed by atoms with E-state index >= 15 is 0 Å². The summed E-state index contributed by atoms with van der Waals surface area (Å²) in [5.74, 6) is 0.0381. The summed E-state index contributed by atoms with van der Waals surface area (Å²) >= 11 is 1.32. The number of thioether (sulfide) groups is 1. The molecule has 1 fully saturated rings. The third-order valence-electron chi connectivity index (χ3n) is 4.99. The topological polar surface area (TPSA) is 64.4 Å². The van der Waals surface area contributed by atoms with Crippen LogP contribution in [0.1, 0.15) is 12.5 Å². The maximum atomic E-state index is 13.3. The Morgan fingerprint density at radius 3 is 2.52 bits per heavy atom. The number of aromatic nitrogens is 2. The molecule has 1 saturated heterocycles. The fraction of sp³-hybridized carbons (Fsp3) is 0.318. The molecule has 0 radical (unpaired) electrons. The second-order valence-electron chi connectivity index (χ2n) is 7.09. The Bertz CT molecular complexity index is 1090. The van der Waals surface area contributed by atoms with Gasteiger partial charge in [0.25, 0.3) is 5.56 Å². The zero-order valence-corrected chi connectivity index (χ0v) is 17.3. The lowest BCUT2D eigenvalue weighted by Gasteiger charge is -2.29. The molecule has 7 heteroatoms. The molecule has 0 N–H and O–H groups in total. The van der Waals surface area contributed by atoms with Crippen LogP contribution in [0.4, 0.5) is 0 Å². The normalized spacial score (nSPS) is 15.4. The highest BCUT2D eigenvalue weighted by Crippen LogP contribution is 2.26. The molecule has 3 aromatic rings. The van der Waals surface area contributed by atoms with Gasteiger partial charge >= 0.3 is 0 Å². The van der Waals surface area contributed by atoms with Crippen molar-refractivity contribution in [2.75, 3.05) is 26.3 Å². The van der Waals surface area contributed by atoms with E-state index in [-0.39, 0.29) is 16.7 Å². The zero-order valence-electron chi connectivity index (χ0n) is 16.5. The number of carbonyl (C=O) groups excluding carboxylic acids is 1. The standard InChI is InChI=1S/C22H23N3O3S/c1-15-7-9-17(10-8-15)25-21(27)18-5-3-4-6-19(18)23-22(25)29-16(2)20(26)24-11-13-28-14-12-24/h3-10,16H,11-14H2,1-2H3. The molecule has 0 spiro atoms. The molecule has 1 unspecified atom stereocenters. The summed E-state index contributed by atoms with van der Waals surface area (Å²) in [5, 5.41) is 0.717. The largest absolute Gasteiger partial charge is 0.378 e. The summed E-state index contributed by atoms with van der Waals surface area (Å²) in [4.78, 5) is 32.7. The molecule has 0 aliphatic carbocycles. The molecular formula is C22H23N3O3S. The lowest BCUT2D eigenvalue weighted by Crippen LogP contribution is -2.44. The number of morpholine rings is 1. The first kappa shape index (κ1) is 19.7. The van der Waals surface area contributed by atoms with Crippen LogP contribution in [0.2, 0.25) is 0 Å². The van der Waals surface area contributed by atoms with E-state index in [9.17, 15) is 9.59 Å². The molecule has 1 atom stereocenters. The van der Waals surface area contributed by atoms with Crippen molar-refractivity contribution in [3.63, 3.8) is 0 Å². The zero-order chi connectivity index (χ0) is 20.4. The van der Waals surface area contributed by atoms with Crippen molar-refractivity contribution in [2.24, 2.45) is 0 Å². The molecule has 2 aromatic carbocycles. The Balaban J connectivity index is 1.75. The van der Waals surface area contributed by atoms with Gasteiger partial charge in [0.15, 0.2) is 5.16 Å². The summed E-state index contributed by atoms with van der Waals surface area (Å²) < 4.78 is 6.95. The smallest absolute Gasteiger partial charge is 0.266 e. The first-order valence-electron chi connectivity index (χ1n) is 9.66. The third-order valence-corrected chi connectivity index (χ3v) is 6.03. The molecule has 6 nitrogen and oxygen atoms in total. The van der Waals surface area contributed by atoms with E-state index < -0.39 is 0 Å². The minimum Gasteiger partial charge on any atom is -0.378 e. The number of amides is 1. The number of rotatable bonds is 4. The highest BCUT2D eigenvalue weighted by Gasteiger charge is 2.25. The monoisotopic (exact) mass is 409 g/mol. The van der Waals surface area contributed by atoms with Gasteiger partial charge in [0.1, 0.15) is 0 Å². The van der Waals surface area contributed by atoms with E-state index in [1.165, 1.54) is 11.8 Å². The third kappa shape index (κ3) is 4.06. The van der Waals surface area contributed by atoms with Gasteiger partial charge in [0, 0.05) is 13.1 Å². The SMILES string of the molecule is Cc1ccc(-n2c(SC(C)C(=O)N3CCOCC3)nc3ccccc3c2=O)cc1. The lowest BCUT2D eigenvalue weighted by molar-refractivity contribution is -0.134. The van der Waals surface area contributed by atoms with E-state index in [0.29, 0.717) is 42.4 Å². The van der Waals surface area contributed by atoms with Crippen LogP contribution in [0.3, 0.4) is 0 Å². The highest BCUT2D eigenvalue weighted by molar-refractivity contribution is 8.00. The van der Waals surface area contributed by atoms with E-state index in [4.69, 9.17) is 9.72 Å². The average molecular weight is 410 g/mol. The molecular weight excluding hydrogens is 386 g/mol. The summed E-state index contributed by atoms with van der Waals surface area (Å²) in [6.07, 6.45) is 0. The van der Waals surface area contributed by atoms with Gasteiger partial charge < -0.3 is 9.64 Å². The molecule has 1 aliphatic heterocycles. The van der Waals surface area contributed by atoms with Crippen molar-refractivity contribution < 1.29 is 9.53 Å². The Hall–Kier alpha value is -2.64. The molecule has 1 amide bonds. The first-order chi connectivity index (χ1) is 14.0. The molecule has 0 saturated carbocycles. The van der Waals surface area contributed by atoms with Crippen molar-refractivity contribution in [1.29, 1.82) is 0 Å². The number of para-hydroxylation sites is 1. The van der Waals surface area contributed by atoms with Gasteiger partial charge in [0.2, 0.25) is 5.91 Å². The Labute approximate surface area is 173 Å². The van der Waals surface area contributed by atoms with E-state index in [0.717, 1.165) is 11.3 Å². The number of hydrogen-bond acceptors (Lipinski definition) is 5. The van der Waals surface area contributed by atoms with Crippen LogP contribution in [0.25, 0.3) is 16.6 Å². The lowest BCUT2D eigenvalue weighted by atomic mass is 10.2. The summed E-state index contributed by atoms with van der Waals surface area (Å²) in [5.41, 5.74) is 2.36. The van der Waals surface area contributed by atoms with Gasteiger partial charge in [-0.25, -0.2) is 4.98 Å². The summed E-state index contributed by atoms with van der Waals surface area (Å²) in [7, 11) is 0. The van der Waals surface area contributed by atoms with Crippen LogP contribution in [0.15, 0.2) is 58.5 Å². The van der Waals surface area contributed by atoms with E-state index in [1.807, 2.05) is 61.2 Å². The Morgan fingerprint density at radius 2 is 1.79 bits per heavy atom. The van der Waals surface area contributed by atoms with Crippen molar-refractivity contribution in [3.05, 3.63) is 64.4 Å². The molecule has 150 valence electrons. The van der Waals surface area contributed by atoms with Gasteiger partial charge in [-0.05, 0) is 38.1 Å². The van der Waals surface area contributed by atoms with Crippen molar-refractivity contribution >= 4 is 28.6 Å². The van der Waals surface area contributed by atoms with Crippen LogP contribution >= 0.6 is 11.8 Å². The summed E-state index contributed by atoms with van der Waals surface area (Å²) in [6, 6.07) is 15.1. The predicted octanol–water partition coefficient (Wildman–Crippen LogP) is 3.03. The molecule has 1 aromatic heterocycles. The fourth-order valence-electron chi connectivity index (χ4n) is 3.36. The fourth-order valence-corrected chi connectivity index (χ4v) is 4.37. The number of aryl methyl sites for hydroxylation is 1. The number of carbonyl (C=O) groups is 1. The van der Waals surface area contributed by atoms with Gasteiger partial charge in [-0.2, -0.15) is 0 Å². The van der Waals surface area contributed by atoms with Gasteiger partial charge in [-0.3, -0.25) is 14.2 Å². The van der Waals surface area contributed by atoms with Crippen molar-refractivity contribution in [2.45, 2.75) is 24.3 Å². The molecule has 29 heavy (non-hydrogen) atoms. The van der Waals surface area contributed by atoms with Crippen molar-refractivity contribution in [3.8, 4) is 5.69 Å². The minimum atomic E-state index is -0.363. The first-order valence-corrected chi connectivity index (χ1v) is 10.5. The molecule has 1 aliphatic rings. The van der Waals surface area contributed by atoms with E-state index in [2.05, 4.69) is 0 Å². The number of benzene rings is 2. The average Bonchev–Trinajstić information content (AvgIpc) is 2.75. The minimum absolute atomic E-state index is 0.0381. The maximum absolute atomic E-state index is 13.3. The predicted molar refractivity (Wildman–Crippen MR) is 115 cm³/mol. The van der Waals surface area contributed by atoms with Crippen LogP contribution in [-0.4, -0.2) is 51.9 Å². The van der Waals surface area contributed by atoms with Crippen LogP contribution < -0.4 is 5.56 Å². The van der Waals surface area contributed by atoms with Crippen molar-refractivity contribution in [1.82, 2.24) is 14.5 Å². The number of nitrogens with zero attached hydrogens (tertiary/aromatic N) is 3. The van der Waals surface area contributed by atoms with Crippen LogP contribution in [0, 0.1) is 6.92 Å². The molecule has 2 heterocycles. The quantitative estimate of drug-likeness (QED) is 0.490. The van der Waals surface area contributed by atoms with Crippen LogP contribution in [-0.2, 0) is 9.53 Å². The maximum Gasteiger partial charge on any atom is 0.266 e. The Kier molecular flexibility index (Phi) is 5.69. The van der Waals surface area contributed by atoms with Gasteiger partial charge in [-0.15, -0.1) is 0 Å². The van der Waals surface area contributed by atoms with Gasteiger partial charge in [-0.1, -0.05) is 41.6 Å². The number of ether oxygens (including phenoxy) is 1. The second-order valence-corrected chi connectivity index (χ2v) is 8.39. The number of hydrogen-bond donors (Lipinski definition) is 0. The van der Waals surface area contributed by atoms with Gasteiger partial charge in [0.05, 0.1) is 35.1 Å². The highest BCUT2D eigenvalue weighted by atomic mass is 32.2. The van der Waals surface area contributed by atoms with E-state index in [1.54, 1.807) is 10.6 Å². The van der Waals surface area contributed by atoms with Crippen LogP contribution in [0.5, 0.6) is 0 Å². The summed E-state index contributed by atoms with van der Waals surface area (Å²) in [6.45, 7) is 6.18. The number of fused-ring (bicyclic) bond motifs is 1. The molecule has 0 bridgehead atoms. The Morgan fingerprint density at radius 1 is 1.10 bits per heavy atom. The molecule has 4 rings (SSSR count). The second kappa shape index (κ2) is 8.39.